The highest BCUT2D eigenvalue weighted by atomic mass is 32.1. The summed E-state index contributed by atoms with van der Waals surface area (Å²) in [6.07, 6.45) is 3.30. The van der Waals surface area contributed by atoms with Crippen molar-refractivity contribution in [2.45, 2.75) is 0 Å². The molecule has 0 amide bonds. The molecule has 20 heavy (non-hydrogen) atoms. The van der Waals surface area contributed by atoms with Gasteiger partial charge in [0.2, 0.25) is 12.7 Å². The highest BCUT2D eigenvalue weighted by molar-refractivity contribution is 7.10. The van der Waals surface area contributed by atoms with Gasteiger partial charge in [-0.1, -0.05) is 41.7 Å². The smallest absolute Gasteiger partial charge is 0.307 e. The first-order valence-corrected chi connectivity index (χ1v) is 6.70. The van der Waals surface area contributed by atoms with Crippen LogP contribution in [0.3, 0.4) is 0 Å². The SMILES string of the molecule is O=c1[nH]c(O)c(C(=Cc2ccccc2)C2=COCO2)s1. The Morgan fingerprint density at radius 3 is 2.75 bits per heavy atom. The summed E-state index contributed by atoms with van der Waals surface area (Å²) in [5.41, 5.74) is 1.54. The van der Waals surface area contributed by atoms with Crippen LogP contribution in [-0.2, 0) is 9.47 Å². The van der Waals surface area contributed by atoms with Gasteiger partial charge in [0, 0.05) is 5.57 Å². The van der Waals surface area contributed by atoms with Gasteiger partial charge in [0.15, 0.2) is 5.76 Å². The maximum Gasteiger partial charge on any atom is 0.307 e. The third-order valence-corrected chi connectivity index (χ3v) is 3.63. The normalized spacial score (nSPS) is 14.6. The zero-order valence-corrected chi connectivity index (χ0v) is 11.1. The van der Waals surface area contributed by atoms with Crippen molar-refractivity contribution in [3.63, 3.8) is 0 Å². The summed E-state index contributed by atoms with van der Waals surface area (Å²) in [7, 11) is 0. The maximum absolute atomic E-state index is 11.4. The zero-order chi connectivity index (χ0) is 13.9. The summed E-state index contributed by atoms with van der Waals surface area (Å²) in [6, 6.07) is 9.57. The van der Waals surface area contributed by atoms with Gasteiger partial charge in [-0.15, -0.1) is 0 Å². The minimum absolute atomic E-state index is 0.127. The van der Waals surface area contributed by atoms with Crippen LogP contribution in [0.25, 0.3) is 11.6 Å². The number of H-pyrrole nitrogens is 1. The molecular weight excluding hydrogens is 278 g/mol. The van der Waals surface area contributed by atoms with Gasteiger partial charge in [-0.3, -0.25) is 9.78 Å². The van der Waals surface area contributed by atoms with Gasteiger partial charge in [-0.2, -0.15) is 0 Å². The van der Waals surface area contributed by atoms with Crippen molar-refractivity contribution in [3.8, 4) is 5.88 Å². The monoisotopic (exact) mass is 289 g/mol. The third kappa shape index (κ3) is 2.46. The molecule has 0 fully saturated rings. The Morgan fingerprint density at radius 2 is 2.15 bits per heavy atom. The Balaban J connectivity index is 2.11. The van der Waals surface area contributed by atoms with E-state index in [0.29, 0.717) is 16.2 Å². The standard InChI is InChI=1S/C14H11NO4S/c16-13-12(20-14(17)15-13)10(11-7-18-8-19-11)6-9-4-2-1-3-5-9/h1-7,16H,8H2,(H,15,17). The van der Waals surface area contributed by atoms with Crippen LogP contribution in [0.15, 0.2) is 47.1 Å². The van der Waals surface area contributed by atoms with E-state index >= 15 is 0 Å². The van der Waals surface area contributed by atoms with Crippen LogP contribution in [-0.4, -0.2) is 16.9 Å². The molecule has 0 atom stereocenters. The Bertz CT molecular complexity index is 727. The third-order valence-electron chi connectivity index (χ3n) is 2.72. The van der Waals surface area contributed by atoms with Crippen LogP contribution in [0.5, 0.6) is 5.88 Å². The van der Waals surface area contributed by atoms with Gasteiger partial charge in [0.05, 0.1) is 0 Å². The van der Waals surface area contributed by atoms with E-state index in [1.807, 2.05) is 36.4 Å². The van der Waals surface area contributed by atoms with Crippen molar-refractivity contribution in [3.05, 3.63) is 62.5 Å². The molecule has 1 aliphatic heterocycles. The largest absolute Gasteiger partial charge is 0.493 e. The van der Waals surface area contributed by atoms with E-state index in [9.17, 15) is 9.90 Å². The average Bonchev–Trinajstić information content (AvgIpc) is 3.07. The van der Waals surface area contributed by atoms with E-state index in [2.05, 4.69) is 4.98 Å². The number of ether oxygens (including phenoxy) is 2. The lowest BCUT2D eigenvalue weighted by Crippen LogP contribution is -1.90. The Labute approximate surface area is 118 Å². The fraction of sp³-hybridized carbons (Fsp3) is 0.0714. The summed E-state index contributed by atoms with van der Waals surface area (Å²) in [5.74, 6) is 0.318. The van der Waals surface area contributed by atoms with Gasteiger partial charge in [-0.25, -0.2) is 0 Å². The van der Waals surface area contributed by atoms with E-state index < -0.39 is 0 Å². The van der Waals surface area contributed by atoms with Gasteiger partial charge in [0.25, 0.3) is 0 Å². The predicted molar refractivity (Wildman–Crippen MR) is 76.0 cm³/mol. The quantitative estimate of drug-likeness (QED) is 0.910. The first kappa shape index (κ1) is 12.6. The molecule has 0 saturated heterocycles. The van der Waals surface area contributed by atoms with Gasteiger partial charge in [-0.05, 0) is 11.6 Å². The molecule has 2 heterocycles. The minimum Gasteiger partial charge on any atom is -0.493 e. The second-order valence-corrected chi connectivity index (χ2v) is 5.06. The zero-order valence-electron chi connectivity index (χ0n) is 10.3. The summed E-state index contributed by atoms with van der Waals surface area (Å²) < 4.78 is 10.4. The van der Waals surface area contributed by atoms with E-state index in [1.165, 1.54) is 6.26 Å². The lowest BCUT2D eigenvalue weighted by Gasteiger charge is -2.06. The molecular formula is C14H11NO4S. The summed E-state index contributed by atoms with van der Waals surface area (Å²) in [4.78, 5) is 13.8. The molecule has 1 aromatic carbocycles. The van der Waals surface area contributed by atoms with Gasteiger partial charge < -0.3 is 14.6 Å². The van der Waals surface area contributed by atoms with E-state index in [1.54, 1.807) is 0 Å². The lowest BCUT2D eigenvalue weighted by molar-refractivity contribution is 0.0855. The second kappa shape index (κ2) is 5.26. The van der Waals surface area contributed by atoms with Crippen LogP contribution in [0.2, 0.25) is 0 Å². The Morgan fingerprint density at radius 1 is 1.35 bits per heavy atom. The first-order valence-electron chi connectivity index (χ1n) is 5.88. The van der Waals surface area contributed by atoms with Crippen molar-refractivity contribution >= 4 is 23.0 Å². The van der Waals surface area contributed by atoms with Crippen LogP contribution in [0.1, 0.15) is 10.4 Å². The topological polar surface area (TPSA) is 71.6 Å². The molecule has 0 bridgehead atoms. The first-order chi connectivity index (χ1) is 9.74. The molecule has 2 aromatic rings. The van der Waals surface area contributed by atoms with Crippen molar-refractivity contribution in [2.75, 3.05) is 6.79 Å². The number of aromatic nitrogens is 1. The molecule has 0 aliphatic carbocycles. The number of allylic oxidation sites excluding steroid dienone is 1. The molecule has 0 radical (unpaired) electrons. The number of aromatic hydroxyl groups is 1. The number of rotatable bonds is 3. The number of benzene rings is 1. The second-order valence-electron chi connectivity index (χ2n) is 4.07. The van der Waals surface area contributed by atoms with E-state index in [4.69, 9.17) is 9.47 Å². The van der Waals surface area contributed by atoms with Crippen molar-refractivity contribution in [1.29, 1.82) is 0 Å². The molecule has 5 nitrogen and oxygen atoms in total. The summed E-state index contributed by atoms with van der Waals surface area (Å²) >= 11 is 0.923. The van der Waals surface area contributed by atoms with Crippen molar-refractivity contribution in [1.82, 2.24) is 4.98 Å². The van der Waals surface area contributed by atoms with Crippen molar-refractivity contribution < 1.29 is 14.6 Å². The van der Waals surface area contributed by atoms with Gasteiger partial charge in [0.1, 0.15) is 11.1 Å². The maximum atomic E-state index is 11.4. The molecule has 1 aromatic heterocycles. The van der Waals surface area contributed by atoms with Gasteiger partial charge >= 0.3 is 4.87 Å². The molecule has 0 saturated carbocycles. The average molecular weight is 289 g/mol. The van der Waals surface area contributed by atoms with E-state index in [-0.39, 0.29) is 17.5 Å². The highest BCUT2D eigenvalue weighted by Gasteiger charge is 2.20. The predicted octanol–water partition coefficient (Wildman–Crippen LogP) is 2.53. The molecule has 0 unspecified atom stereocenters. The summed E-state index contributed by atoms with van der Waals surface area (Å²) in [5, 5.41) is 9.83. The fourth-order valence-electron chi connectivity index (χ4n) is 1.85. The number of aromatic amines is 1. The van der Waals surface area contributed by atoms with Crippen LogP contribution in [0.4, 0.5) is 0 Å². The fourth-order valence-corrected chi connectivity index (χ4v) is 2.60. The van der Waals surface area contributed by atoms with Crippen molar-refractivity contribution in [2.24, 2.45) is 0 Å². The van der Waals surface area contributed by atoms with E-state index in [0.717, 1.165) is 16.9 Å². The molecule has 102 valence electrons. The number of nitrogens with one attached hydrogen (secondary N) is 1. The number of thiazole rings is 1. The Hall–Kier alpha value is -2.47. The molecule has 6 heteroatoms. The summed E-state index contributed by atoms with van der Waals surface area (Å²) in [6.45, 7) is 0.127. The number of hydrogen-bond acceptors (Lipinski definition) is 5. The highest BCUT2D eigenvalue weighted by Crippen LogP contribution is 2.34. The van der Waals surface area contributed by atoms with Crippen LogP contribution in [0, 0.1) is 0 Å². The minimum atomic E-state index is -0.323. The molecule has 0 spiro atoms. The molecule has 3 rings (SSSR count). The van der Waals surface area contributed by atoms with Crippen LogP contribution < -0.4 is 4.87 Å². The molecule has 2 N–H and O–H groups in total. The lowest BCUT2D eigenvalue weighted by atomic mass is 10.1. The molecule has 1 aliphatic rings. The number of hydrogen-bond donors (Lipinski definition) is 2. The van der Waals surface area contributed by atoms with Crippen LogP contribution >= 0.6 is 11.3 Å². The Kier molecular flexibility index (Phi) is 3.30.